The van der Waals surface area contributed by atoms with Gasteiger partial charge in [-0.3, -0.25) is 9.69 Å². The minimum Gasteiger partial charge on any atom is -0.354 e. The third-order valence-electron chi connectivity index (χ3n) is 4.79. The van der Waals surface area contributed by atoms with Gasteiger partial charge in [0.1, 0.15) is 0 Å². The molecule has 1 unspecified atom stereocenters. The molecule has 2 aromatic carbocycles. The molecule has 5 nitrogen and oxygen atoms in total. The minimum atomic E-state index is -3.24. The van der Waals surface area contributed by atoms with E-state index in [1.165, 1.54) is 0 Å². The molecular formula is C20H22Cl2N2O3S. The van der Waals surface area contributed by atoms with E-state index < -0.39 is 15.1 Å². The molecule has 1 heterocycles. The summed E-state index contributed by atoms with van der Waals surface area (Å²) in [6.45, 7) is 1.53. The van der Waals surface area contributed by atoms with E-state index in [9.17, 15) is 13.2 Å². The summed E-state index contributed by atoms with van der Waals surface area (Å²) in [4.78, 5) is 14.2. The van der Waals surface area contributed by atoms with Gasteiger partial charge in [0, 0.05) is 26.2 Å². The lowest BCUT2D eigenvalue weighted by Crippen LogP contribution is -2.51. The van der Waals surface area contributed by atoms with Gasteiger partial charge in [0.25, 0.3) is 0 Å². The predicted molar refractivity (Wildman–Crippen MR) is 112 cm³/mol. The van der Waals surface area contributed by atoms with E-state index in [-0.39, 0.29) is 24.6 Å². The first-order chi connectivity index (χ1) is 13.3. The SMILES string of the molecule is O=C(Cc1ccccc1)NCC1CN(Cc2ccc(Cl)c(Cl)c2)CCS1(=O)=O. The van der Waals surface area contributed by atoms with Crippen LogP contribution in [0, 0.1) is 0 Å². The van der Waals surface area contributed by atoms with E-state index in [1.54, 1.807) is 12.1 Å². The van der Waals surface area contributed by atoms with Crippen molar-refractivity contribution in [2.75, 3.05) is 25.4 Å². The molecule has 150 valence electrons. The number of carbonyl (C=O) groups is 1. The van der Waals surface area contributed by atoms with Crippen molar-refractivity contribution >= 4 is 38.9 Å². The van der Waals surface area contributed by atoms with Crippen LogP contribution in [0.3, 0.4) is 0 Å². The molecule has 1 N–H and O–H groups in total. The first-order valence-corrected chi connectivity index (χ1v) is 11.5. The third-order valence-corrected chi connectivity index (χ3v) is 7.61. The van der Waals surface area contributed by atoms with E-state index in [1.807, 2.05) is 36.4 Å². The number of carbonyl (C=O) groups excluding carboxylic acids is 1. The molecule has 0 bridgehead atoms. The van der Waals surface area contributed by atoms with Gasteiger partial charge >= 0.3 is 0 Å². The van der Waals surface area contributed by atoms with Crippen molar-refractivity contribution in [2.45, 2.75) is 18.2 Å². The van der Waals surface area contributed by atoms with Gasteiger partial charge in [-0.2, -0.15) is 0 Å². The zero-order chi connectivity index (χ0) is 20.1. The average Bonchev–Trinajstić information content (AvgIpc) is 2.66. The van der Waals surface area contributed by atoms with Gasteiger partial charge in [0.05, 0.1) is 27.5 Å². The molecular weight excluding hydrogens is 419 g/mol. The van der Waals surface area contributed by atoms with E-state index in [0.29, 0.717) is 29.7 Å². The lowest BCUT2D eigenvalue weighted by atomic mass is 10.1. The van der Waals surface area contributed by atoms with Crippen LogP contribution in [0.25, 0.3) is 0 Å². The molecule has 3 rings (SSSR count). The Morgan fingerprint density at radius 1 is 1.07 bits per heavy atom. The average molecular weight is 441 g/mol. The highest BCUT2D eigenvalue weighted by Gasteiger charge is 2.33. The molecule has 8 heteroatoms. The molecule has 1 saturated heterocycles. The fourth-order valence-corrected chi connectivity index (χ4v) is 5.16. The highest BCUT2D eigenvalue weighted by molar-refractivity contribution is 7.92. The van der Waals surface area contributed by atoms with Gasteiger partial charge in [0.2, 0.25) is 5.91 Å². The zero-order valence-electron chi connectivity index (χ0n) is 15.3. The van der Waals surface area contributed by atoms with Crippen molar-refractivity contribution in [1.82, 2.24) is 10.2 Å². The second kappa shape index (κ2) is 9.27. The van der Waals surface area contributed by atoms with Crippen LogP contribution in [-0.4, -0.2) is 49.9 Å². The molecule has 0 radical (unpaired) electrons. The van der Waals surface area contributed by atoms with E-state index >= 15 is 0 Å². The van der Waals surface area contributed by atoms with Crippen molar-refractivity contribution in [2.24, 2.45) is 0 Å². The number of halogens is 2. The fraction of sp³-hybridized carbons (Fsp3) is 0.350. The number of sulfone groups is 1. The minimum absolute atomic E-state index is 0.0769. The summed E-state index contributed by atoms with van der Waals surface area (Å²) in [6.07, 6.45) is 0.237. The summed E-state index contributed by atoms with van der Waals surface area (Å²) < 4.78 is 24.9. The smallest absolute Gasteiger partial charge is 0.224 e. The van der Waals surface area contributed by atoms with Crippen LogP contribution in [0.4, 0.5) is 0 Å². The maximum Gasteiger partial charge on any atom is 0.224 e. The quantitative estimate of drug-likeness (QED) is 0.749. The molecule has 28 heavy (non-hydrogen) atoms. The fourth-order valence-electron chi connectivity index (χ4n) is 3.22. The molecule has 2 aromatic rings. The number of hydrogen-bond acceptors (Lipinski definition) is 4. The van der Waals surface area contributed by atoms with Crippen molar-refractivity contribution in [3.63, 3.8) is 0 Å². The molecule has 0 aromatic heterocycles. The van der Waals surface area contributed by atoms with Crippen LogP contribution >= 0.6 is 23.2 Å². The van der Waals surface area contributed by atoms with Gasteiger partial charge < -0.3 is 5.32 Å². The number of nitrogens with one attached hydrogen (secondary N) is 1. The highest BCUT2D eigenvalue weighted by Crippen LogP contribution is 2.24. The summed E-state index contributed by atoms with van der Waals surface area (Å²) in [6, 6.07) is 14.8. The molecule has 0 saturated carbocycles. The summed E-state index contributed by atoms with van der Waals surface area (Å²) in [5, 5.41) is 3.12. The van der Waals surface area contributed by atoms with Crippen LogP contribution in [0.2, 0.25) is 10.0 Å². The van der Waals surface area contributed by atoms with Crippen LogP contribution in [0.15, 0.2) is 48.5 Å². The molecule has 1 fully saturated rings. The largest absolute Gasteiger partial charge is 0.354 e. The van der Waals surface area contributed by atoms with E-state index in [2.05, 4.69) is 10.2 Å². The molecule has 1 atom stereocenters. The van der Waals surface area contributed by atoms with Gasteiger partial charge in [0.15, 0.2) is 9.84 Å². The monoisotopic (exact) mass is 440 g/mol. The van der Waals surface area contributed by atoms with Gasteiger partial charge in [-0.05, 0) is 23.3 Å². The van der Waals surface area contributed by atoms with E-state index in [4.69, 9.17) is 23.2 Å². The van der Waals surface area contributed by atoms with Crippen LogP contribution in [-0.2, 0) is 27.6 Å². The maximum absolute atomic E-state index is 12.4. The van der Waals surface area contributed by atoms with Gasteiger partial charge in [-0.1, -0.05) is 59.6 Å². The first-order valence-electron chi connectivity index (χ1n) is 9.02. The Morgan fingerprint density at radius 2 is 1.82 bits per heavy atom. The first kappa shape index (κ1) is 21.1. The number of benzene rings is 2. The molecule has 0 aliphatic carbocycles. The lowest BCUT2D eigenvalue weighted by molar-refractivity contribution is -0.120. The Balaban J connectivity index is 1.57. The van der Waals surface area contributed by atoms with E-state index in [0.717, 1.165) is 11.1 Å². The Kier molecular flexibility index (Phi) is 6.99. The molecule has 0 spiro atoms. The Labute approximate surface area is 175 Å². The predicted octanol–water partition coefficient (Wildman–Crippen LogP) is 2.95. The molecule has 1 aliphatic rings. The lowest BCUT2D eigenvalue weighted by Gasteiger charge is -2.32. The van der Waals surface area contributed by atoms with Crippen LogP contribution in [0.1, 0.15) is 11.1 Å². The number of nitrogens with zero attached hydrogens (tertiary/aromatic N) is 1. The summed E-state index contributed by atoms with van der Waals surface area (Å²) in [5.41, 5.74) is 1.87. The topological polar surface area (TPSA) is 66.5 Å². The second-order valence-electron chi connectivity index (χ2n) is 6.94. The Bertz CT molecular complexity index is 936. The Hall–Kier alpha value is -1.60. The zero-order valence-corrected chi connectivity index (χ0v) is 17.6. The van der Waals surface area contributed by atoms with Crippen LogP contribution in [0.5, 0.6) is 0 Å². The van der Waals surface area contributed by atoms with Crippen molar-refractivity contribution in [3.8, 4) is 0 Å². The third kappa shape index (κ3) is 5.70. The summed E-state index contributed by atoms with van der Waals surface area (Å²) in [5.74, 6) is -0.101. The second-order valence-corrected chi connectivity index (χ2v) is 10.2. The van der Waals surface area contributed by atoms with Crippen LogP contribution < -0.4 is 5.32 Å². The van der Waals surface area contributed by atoms with Gasteiger partial charge in [-0.15, -0.1) is 0 Å². The molecule has 1 amide bonds. The number of hydrogen-bond donors (Lipinski definition) is 1. The normalized spacial score (nSPS) is 19.3. The van der Waals surface area contributed by atoms with Crippen molar-refractivity contribution < 1.29 is 13.2 Å². The number of rotatable bonds is 6. The van der Waals surface area contributed by atoms with Crippen molar-refractivity contribution in [3.05, 3.63) is 69.7 Å². The maximum atomic E-state index is 12.4. The molecule has 1 aliphatic heterocycles. The summed E-state index contributed by atoms with van der Waals surface area (Å²) >= 11 is 12.0. The highest BCUT2D eigenvalue weighted by atomic mass is 35.5. The standard InChI is InChI=1S/C20H22Cl2N2O3S/c21-18-7-6-16(10-19(18)22)13-24-8-9-28(26,27)17(14-24)12-23-20(25)11-15-4-2-1-3-5-15/h1-7,10,17H,8-9,11-14H2,(H,23,25). The Morgan fingerprint density at radius 3 is 2.54 bits per heavy atom. The summed E-state index contributed by atoms with van der Waals surface area (Å²) in [7, 11) is -3.24. The number of amides is 1. The van der Waals surface area contributed by atoms with Gasteiger partial charge in [-0.25, -0.2) is 8.42 Å². The van der Waals surface area contributed by atoms with Crippen molar-refractivity contribution in [1.29, 1.82) is 0 Å².